The summed E-state index contributed by atoms with van der Waals surface area (Å²) in [4.78, 5) is 0. The first-order valence-corrected chi connectivity index (χ1v) is 5.54. The monoisotopic (exact) mass is 226 g/mol. The molecule has 80 valence electrons. The third-order valence-corrected chi connectivity index (χ3v) is 4.38. The minimum atomic E-state index is -0.336. The van der Waals surface area contributed by atoms with Crippen LogP contribution in [0, 0.1) is 11.2 Å². The highest BCUT2D eigenvalue weighted by atomic mass is 35.5. The molecule has 0 radical (unpaired) electrons. The van der Waals surface area contributed by atoms with Gasteiger partial charge in [-0.3, -0.25) is 0 Å². The van der Waals surface area contributed by atoms with E-state index in [1.807, 2.05) is 6.07 Å². The van der Waals surface area contributed by atoms with Crippen LogP contribution in [0.3, 0.4) is 0 Å². The molecule has 3 aliphatic carbocycles. The average molecular weight is 227 g/mol. The number of hydrogen-bond acceptors (Lipinski definition) is 1. The summed E-state index contributed by atoms with van der Waals surface area (Å²) in [5.41, 5.74) is 1.14. The van der Waals surface area contributed by atoms with Crippen LogP contribution >= 0.6 is 11.6 Å². The molecule has 1 nitrogen and oxygen atoms in total. The van der Waals surface area contributed by atoms with Gasteiger partial charge in [-0.2, -0.15) is 0 Å². The second-order valence-corrected chi connectivity index (χ2v) is 5.45. The predicted octanol–water partition coefficient (Wildman–Crippen LogP) is 2.89. The van der Waals surface area contributed by atoms with Gasteiger partial charge in [-0.1, -0.05) is 23.7 Å². The molecule has 0 amide bonds. The van der Waals surface area contributed by atoms with Gasteiger partial charge in [0, 0.05) is 6.61 Å². The average Bonchev–Trinajstić information content (AvgIpc) is 2.08. The Balaban J connectivity index is 1.94. The lowest BCUT2D eigenvalue weighted by molar-refractivity contribution is -0.167. The van der Waals surface area contributed by atoms with Gasteiger partial charge in [-0.15, -0.1) is 0 Å². The van der Waals surface area contributed by atoms with E-state index in [0.717, 1.165) is 24.8 Å². The normalized spacial score (nSPS) is 37.0. The first-order chi connectivity index (χ1) is 7.11. The van der Waals surface area contributed by atoms with Crippen molar-refractivity contribution < 1.29 is 9.50 Å². The van der Waals surface area contributed by atoms with E-state index in [1.54, 1.807) is 6.07 Å². The van der Waals surface area contributed by atoms with E-state index >= 15 is 0 Å². The van der Waals surface area contributed by atoms with Crippen molar-refractivity contribution in [3.05, 3.63) is 34.6 Å². The number of benzene rings is 1. The lowest BCUT2D eigenvalue weighted by atomic mass is 9.34. The smallest absolute Gasteiger partial charge is 0.142 e. The highest BCUT2D eigenvalue weighted by Gasteiger charge is 2.68. The fourth-order valence-electron chi connectivity index (χ4n) is 3.36. The summed E-state index contributed by atoms with van der Waals surface area (Å²) in [6.07, 6.45) is 2.87. The number of aliphatic hydroxyl groups is 1. The summed E-state index contributed by atoms with van der Waals surface area (Å²) in [6.45, 7) is 0.252. The minimum absolute atomic E-state index is 0.0713. The summed E-state index contributed by atoms with van der Waals surface area (Å²) in [7, 11) is 0. The Bertz CT molecular complexity index is 410. The number of rotatable bonds is 2. The van der Waals surface area contributed by atoms with Gasteiger partial charge in [0.15, 0.2) is 0 Å². The van der Waals surface area contributed by atoms with Gasteiger partial charge in [-0.05, 0) is 41.7 Å². The zero-order chi connectivity index (χ0) is 10.7. The van der Waals surface area contributed by atoms with Gasteiger partial charge >= 0.3 is 0 Å². The standard InChI is InChI=1S/C12H12ClFO/c13-10-8(2-1-3-9(10)14)12-4-11(5-12,6-12)7-15/h1-3,15H,4-7H2. The quantitative estimate of drug-likeness (QED) is 0.822. The maximum Gasteiger partial charge on any atom is 0.142 e. The van der Waals surface area contributed by atoms with Gasteiger partial charge in [0.25, 0.3) is 0 Å². The van der Waals surface area contributed by atoms with Crippen molar-refractivity contribution in [3.63, 3.8) is 0 Å². The van der Waals surface area contributed by atoms with Crippen LogP contribution in [-0.4, -0.2) is 11.7 Å². The van der Waals surface area contributed by atoms with Gasteiger partial charge in [-0.25, -0.2) is 4.39 Å². The molecular weight excluding hydrogens is 215 g/mol. The van der Waals surface area contributed by atoms with Crippen LogP contribution in [0.5, 0.6) is 0 Å². The van der Waals surface area contributed by atoms with E-state index in [9.17, 15) is 4.39 Å². The summed E-state index contributed by atoms with van der Waals surface area (Å²) in [5.74, 6) is -0.336. The molecule has 0 heterocycles. The molecule has 4 rings (SSSR count). The SMILES string of the molecule is OCC12CC(c3cccc(F)c3Cl)(C1)C2. The predicted molar refractivity (Wildman–Crippen MR) is 56.5 cm³/mol. The van der Waals surface area contributed by atoms with Gasteiger partial charge in [0.2, 0.25) is 0 Å². The maximum absolute atomic E-state index is 13.3. The Morgan fingerprint density at radius 1 is 1.33 bits per heavy atom. The fourth-order valence-corrected chi connectivity index (χ4v) is 3.69. The summed E-state index contributed by atoms with van der Waals surface area (Å²) in [5, 5.41) is 9.43. The lowest BCUT2D eigenvalue weighted by Crippen LogP contribution is -2.66. The van der Waals surface area contributed by atoms with E-state index in [4.69, 9.17) is 16.7 Å². The molecule has 1 aromatic rings. The largest absolute Gasteiger partial charge is 0.396 e. The number of halogens is 2. The van der Waals surface area contributed by atoms with E-state index < -0.39 is 0 Å². The van der Waals surface area contributed by atoms with Gasteiger partial charge < -0.3 is 5.11 Å². The molecule has 3 saturated carbocycles. The molecule has 3 aliphatic rings. The first-order valence-electron chi connectivity index (χ1n) is 5.16. The zero-order valence-electron chi connectivity index (χ0n) is 8.26. The Kier molecular flexibility index (Phi) is 1.76. The molecule has 0 aliphatic heterocycles. The zero-order valence-corrected chi connectivity index (χ0v) is 9.02. The molecule has 2 bridgehead atoms. The Hall–Kier alpha value is -0.600. The van der Waals surface area contributed by atoms with Crippen LogP contribution in [0.15, 0.2) is 18.2 Å². The molecule has 1 aromatic carbocycles. The summed E-state index contributed by atoms with van der Waals surface area (Å²) < 4.78 is 13.3. The van der Waals surface area contributed by atoms with Crippen molar-refractivity contribution in [2.45, 2.75) is 24.7 Å². The van der Waals surface area contributed by atoms with Crippen molar-refractivity contribution in [2.75, 3.05) is 6.61 Å². The molecular formula is C12H12ClFO. The van der Waals surface area contributed by atoms with Crippen LogP contribution in [0.25, 0.3) is 0 Å². The Morgan fingerprint density at radius 2 is 2.00 bits per heavy atom. The summed E-state index contributed by atoms with van der Waals surface area (Å²) >= 11 is 5.97. The molecule has 3 fully saturated rings. The van der Waals surface area contributed by atoms with E-state index in [2.05, 4.69) is 0 Å². The highest BCUT2D eigenvalue weighted by molar-refractivity contribution is 6.31. The van der Waals surface area contributed by atoms with E-state index in [-0.39, 0.29) is 28.3 Å². The second kappa shape index (κ2) is 2.74. The van der Waals surface area contributed by atoms with Crippen LogP contribution in [0.4, 0.5) is 4.39 Å². The molecule has 0 atom stereocenters. The Morgan fingerprint density at radius 3 is 2.60 bits per heavy atom. The molecule has 0 spiro atoms. The third-order valence-electron chi connectivity index (χ3n) is 4.00. The van der Waals surface area contributed by atoms with Gasteiger partial charge in [0.05, 0.1) is 5.02 Å². The lowest BCUT2D eigenvalue weighted by Gasteiger charge is -2.70. The van der Waals surface area contributed by atoms with Crippen LogP contribution < -0.4 is 0 Å². The summed E-state index contributed by atoms with van der Waals surface area (Å²) in [6, 6.07) is 5.01. The van der Waals surface area contributed by atoms with Crippen molar-refractivity contribution in [1.82, 2.24) is 0 Å². The number of hydrogen-bond donors (Lipinski definition) is 1. The maximum atomic E-state index is 13.3. The molecule has 1 N–H and O–H groups in total. The van der Waals surface area contributed by atoms with Crippen LogP contribution in [0.2, 0.25) is 5.02 Å². The highest BCUT2D eigenvalue weighted by Crippen LogP contribution is 2.73. The van der Waals surface area contributed by atoms with Gasteiger partial charge in [0.1, 0.15) is 5.82 Å². The fraction of sp³-hybridized carbons (Fsp3) is 0.500. The first kappa shape index (κ1) is 9.61. The molecule has 15 heavy (non-hydrogen) atoms. The molecule has 0 saturated heterocycles. The topological polar surface area (TPSA) is 20.2 Å². The molecule has 0 aromatic heterocycles. The van der Waals surface area contributed by atoms with Crippen LogP contribution in [0.1, 0.15) is 24.8 Å². The van der Waals surface area contributed by atoms with Crippen molar-refractivity contribution >= 4 is 11.6 Å². The van der Waals surface area contributed by atoms with E-state index in [1.165, 1.54) is 6.07 Å². The van der Waals surface area contributed by atoms with Crippen molar-refractivity contribution in [3.8, 4) is 0 Å². The molecule has 3 heteroatoms. The van der Waals surface area contributed by atoms with E-state index in [0.29, 0.717) is 0 Å². The third kappa shape index (κ3) is 1.07. The number of aliphatic hydroxyl groups excluding tert-OH is 1. The second-order valence-electron chi connectivity index (χ2n) is 5.07. The Labute approximate surface area is 92.9 Å². The minimum Gasteiger partial charge on any atom is -0.396 e. The van der Waals surface area contributed by atoms with Crippen molar-refractivity contribution in [1.29, 1.82) is 0 Å². The molecule has 0 unspecified atom stereocenters. The van der Waals surface area contributed by atoms with Crippen molar-refractivity contribution in [2.24, 2.45) is 5.41 Å². The van der Waals surface area contributed by atoms with Crippen LogP contribution in [-0.2, 0) is 5.41 Å².